The van der Waals surface area contributed by atoms with Crippen LogP contribution >= 0.6 is 0 Å². The van der Waals surface area contributed by atoms with Crippen LogP contribution in [0.25, 0.3) is 0 Å². The number of aryl methyl sites for hydroxylation is 2. The molecule has 2 aromatic rings. The topological polar surface area (TPSA) is 99.6 Å². The van der Waals surface area contributed by atoms with Gasteiger partial charge in [0, 0.05) is 37.6 Å². The number of benzene rings is 2. The van der Waals surface area contributed by atoms with Crippen LogP contribution in [-0.4, -0.2) is 77.8 Å². The number of anilines is 2. The number of ether oxygens (including phenoxy) is 2. The van der Waals surface area contributed by atoms with Crippen LogP contribution in [0, 0.1) is 25.7 Å². The maximum Gasteiger partial charge on any atom is 0.253 e. The molecule has 1 spiro atoms. The van der Waals surface area contributed by atoms with E-state index in [4.69, 9.17) is 9.47 Å². The number of fused-ring (bicyclic) bond motifs is 2. The van der Waals surface area contributed by atoms with Crippen molar-refractivity contribution in [3.05, 3.63) is 77.9 Å². The lowest BCUT2D eigenvalue weighted by Crippen LogP contribution is -2.56. The molecule has 1 unspecified atom stereocenters. The molecule has 5 atom stereocenters. The van der Waals surface area contributed by atoms with Crippen LogP contribution in [0.15, 0.2) is 66.8 Å². The van der Waals surface area contributed by atoms with Gasteiger partial charge >= 0.3 is 0 Å². The third kappa shape index (κ3) is 4.56. The highest BCUT2D eigenvalue weighted by atomic mass is 16.5. The van der Waals surface area contributed by atoms with E-state index in [9.17, 15) is 19.5 Å². The molecule has 4 aliphatic heterocycles. The fourth-order valence-corrected chi connectivity index (χ4v) is 7.59. The van der Waals surface area contributed by atoms with Gasteiger partial charge in [-0.2, -0.15) is 0 Å². The van der Waals surface area contributed by atoms with Crippen molar-refractivity contribution in [3.63, 3.8) is 0 Å². The summed E-state index contributed by atoms with van der Waals surface area (Å²) >= 11 is 0. The maximum absolute atomic E-state index is 14.7. The van der Waals surface area contributed by atoms with Gasteiger partial charge in [-0.15, -0.1) is 0 Å². The summed E-state index contributed by atoms with van der Waals surface area (Å²) in [4.78, 5) is 48.9. The molecule has 2 saturated heterocycles. The van der Waals surface area contributed by atoms with Crippen LogP contribution in [0.4, 0.5) is 11.4 Å². The molecular formula is C35H41N3O6. The van der Waals surface area contributed by atoms with Gasteiger partial charge in [0.05, 0.1) is 24.0 Å². The van der Waals surface area contributed by atoms with Gasteiger partial charge in [-0.25, -0.2) is 0 Å². The minimum atomic E-state index is -1.35. The standard InChI is InChI=1S/C35H41N3O6/c1-5-34-16-7-18-36(25-12-14-26(15-13-25)43-6-2)31(40)28(34)29-32(41)38(20-9-21-39)30-33(42)37(19-8-17-35(29,30)44-34)27-22-23(3)10-11-24(27)4/h7-8,10-17,22,28-30,39H,5-6,9,18-21H2,1-4H3/t28-,29+,30?,34+,35+/m1/s1. The molecule has 0 aliphatic carbocycles. The van der Waals surface area contributed by atoms with E-state index in [-0.39, 0.29) is 30.9 Å². The van der Waals surface area contributed by atoms with E-state index in [2.05, 4.69) is 0 Å². The third-order valence-electron chi connectivity index (χ3n) is 9.61. The summed E-state index contributed by atoms with van der Waals surface area (Å²) in [6.07, 6.45) is 8.41. The molecule has 232 valence electrons. The van der Waals surface area contributed by atoms with E-state index < -0.39 is 29.1 Å². The molecule has 0 radical (unpaired) electrons. The van der Waals surface area contributed by atoms with Gasteiger partial charge in [0.25, 0.3) is 5.91 Å². The Morgan fingerprint density at radius 2 is 1.64 bits per heavy atom. The van der Waals surface area contributed by atoms with E-state index in [1.807, 2.05) is 94.5 Å². The molecule has 0 bridgehead atoms. The van der Waals surface area contributed by atoms with Gasteiger partial charge in [0.1, 0.15) is 17.4 Å². The van der Waals surface area contributed by atoms with Crippen molar-refractivity contribution in [2.45, 2.75) is 57.8 Å². The molecule has 9 heteroatoms. The number of hydrogen-bond donors (Lipinski definition) is 1. The lowest BCUT2D eigenvalue weighted by molar-refractivity contribution is -0.145. The monoisotopic (exact) mass is 599 g/mol. The van der Waals surface area contributed by atoms with Crippen molar-refractivity contribution < 1.29 is 29.0 Å². The fraction of sp³-hybridized carbons (Fsp3) is 0.457. The Morgan fingerprint density at radius 3 is 2.34 bits per heavy atom. The molecule has 9 nitrogen and oxygen atoms in total. The van der Waals surface area contributed by atoms with Crippen molar-refractivity contribution in [1.82, 2.24) is 4.90 Å². The van der Waals surface area contributed by atoms with Gasteiger partial charge in [-0.05, 0) is 75.1 Å². The van der Waals surface area contributed by atoms with Crippen LogP contribution in [0.2, 0.25) is 0 Å². The first-order valence-corrected chi connectivity index (χ1v) is 15.6. The van der Waals surface area contributed by atoms with Crippen molar-refractivity contribution in [1.29, 1.82) is 0 Å². The quantitative estimate of drug-likeness (QED) is 0.462. The predicted octanol–water partition coefficient (Wildman–Crippen LogP) is 3.95. The number of hydrogen-bond acceptors (Lipinski definition) is 6. The number of carbonyl (C=O) groups is 3. The van der Waals surface area contributed by atoms with Crippen LogP contribution in [0.3, 0.4) is 0 Å². The summed E-state index contributed by atoms with van der Waals surface area (Å²) in [6, 6.07) is 12.4. The van der Waals surface area contributed by atoms with Gasteiger partial charge in [0.15, 0.2) is 0 Å². The molecule has 0 saturated carbocycles. The summed E-state index contributed by atoms with van der Waals surface area (Å²) in [5.74, 6) is -1.80. The number of nitrogens with zero attached hydrogens (tertiary/aromatic N) is 3. The molecular weight excluding hydrogens is 558 g/mol. The molecule has 2 aromatic carbocycles. The summed E-state index contributed by atoms with van der Waals surface area (Å²) in [5.41, 5.74) is 1.03. The molecule has 4 heterocycles. The summed E-state index contributed by atoms with van der Waals surface area (Å²) in [7, 11) is 0. The SMILES string of the molecule is CCOc1ccc(N2CC=C[C@]3(CC)O[C@]45C=CCN(c6cc(C)ccc6C)C(=O)C4N(CCCO)C(=O)[C@@H]5[C@@H]3C2=O)cc1. The zero-order valence-corrected chi connectivity index (χ0v) is 25.9. The third-order valence-corrected chi connectivity index (χ3v) is 9.61. The van der Waals surface area contributed by atoms with E-state index in [1.54, 1.807) is 14.7 Å². The largest absolute Gasteiger partial charge is 0.494 e. The lowest BCUT2D eigenvalue weighted by Gasteiger charge is -2.38. The normalized spacial score (nSPS) is 29.4. The second-order valence-electron chi connectivity index (χ2n) is 12.2. The van der Waals surface area contributed by atoms with Crippen molar-refractivity contribution in [2.24, 2.45) is 11.8 Å². The van der Waals surface area contributed by atoms with Gasteiger partial charge in [-0.3, -0.25) is 14.4 Å². The Labute approximate surface area is 258 Å². The first-order chi connectivity index (χ1) is 21.2. The molecule has 2 fully saturated rings. The highest BCUT2D eigenvalue weighted by Crippen LogP contribution is 2.59. The Bertz CT molecular complexity index is 1520. The molecule has 4 aliphatic rings. The van der Waals surface area contributed by atoms with Crippen LogP contribution in [0.5, 0.6) is 5.75 Å². The molecule has 44 heavy (non-hydrogen) atoms. The highest BCUT2D eigenvalue weighted by Gasteiger charge is 2.75. The number of aliphatic hydroxyl groups is 1. The molecule has 3 amide bonds. The van der Waals surface area contributed by atoms with E-state index in [0.29, 0.717) is 44.0 Å². The fourth-order valence-electron chi connectivity index (χ4n) is 7.59. The smallest absolute Gasteiger partial charge is 0.253 e. The summed E-state index contributed by atoms with van der Waals surface area (Å²) in [5, 5.41) is 9.73. The van der Waals surface area contributed by atoms with Crippen LogP contribution in [-0.2, 0) is 19.1 Å². The zero-order chi connectivity index (χ0) is 31.2. The summed E-state index contributed by atoms with van der Waals surface area (Å²) in [6.45, 7) is 9.06. The number of likely N-dealkylation sites (tertiary alicyclic amines) is 1. The average molecular weight is 600 g/mol. The second kappa shape index (κ2) is 11.5. The zero-order valence-electron chi connectivity index (χ0n) is 25.9. The Kier molecular flexibility index (Phi) is 7.88. The van der Waals surface area contributed by atoms with E-state index in [0.717, 1.165) is 16.8 Å². The second-order valence-corrected chi connectivity index (χ2v) is 12.2. The number of rotatable bonds is 8. The molecule has 0 aromatic heterocycles. The molecule has 1 N–H and O–H groups in total. The molecule has 6 rings (SSSR count). The van der Waals surface area contributed by atoms with Crippen LogP contribution < -0.4 is 14.5 Å². The highest BCUT2D eigenvalue weighted by molar-refractivity contribution is 6.08. The summed E-state index contributed by atoms with van der Waals surface area (Å²) < 4.78 is 12.7. The lowest BCUT2D eigenvalue weighted by atomic mass is 9.73. The number of amides is 3. The average Bonchev–Trinajstić information content (AvgIpc) is 3.30. The first-order valence-electron chi connectivity index (χ1n) is 15.6. The van der Waals surface area contributed by atoms with Gasteiger partial charge < -0.3 is 29.3 Å². The minimum Gasteiger partial charge on any atom is -0.494 e. The number of aliphatic hydroxyl groups excluding tert-OH is 1. The van der Waals surface area contributed by atoms with Crippen LogP contribution in [0.1, 0.15) is 37.8 Å². The minimum absolute atomic E-state index is 0.130. The Morgan fingerprint density at radius 1 is 0.909 bits per heavy atom. The van der Waals surface area contributed by atoms with E-state index in [1.165, 1.54) is 0 Å². The van der Waals surface area contributed by atoms with Gasteiger partial charge in [0.2, 0.25) is 11.8 Å². The predicted molar refractivity (Wildman–Crippen MR) is 168 cm³/mol. The van der Waals surface area contributed by atoms with Gasteiger partial charge in [-0.1, -0.05) is 43.4 Å². The van der Waals surface area contributed by atoms with Crippen molar-refractivity contribution in [3.8, 4) is 5.75 Å². The number of carbonyl (C=O) groups excluding carboxylic acids is 3. The Balaban J connectivity index is 1.46. The first kappa shape index (κ1) is 30.1. The van der Waals surface area contributed by atoms with Crippen molar-refractivity contribution >= 4 is 29.1 Å². The van der Waals surface area contributed by atoms with Crippen molar-refractivity contribution in [2.75, 3.05) is 42.6 Å². The maximum atomic E-state index is 14.7. The Hall–Kier alpha value is -3.95. The van der Waals surface area contributed by atoms with E-state index >= 15 is 0 Å².